The van der Waals surface area contributed by atoms with Gasteiger partial charge in [0, 0.05) is 33.7 Å². The van der Waals surface area contributed by atoms with Crippen molar-refractivity contribution in [1.82, 2.24) is 9.55 Å². The van der Waals surface area contributed by atoms with Gasteiger partial charge in [-0.3, -0.25) is 0 Å². The van der Waals surface area contributed by atoms with Crippen LogP contribution >= 0.6 is 35.0 Å². The molecule has 3 nitrogen and oxygen atoms in total. The van der Waals surface area contributed by atoms with E-state index in [1.165, 1.54) is 5.56 Å². The number of aromatic nitrogens is 2. The fraction of sp³-hybridized carbons (Fsp3) is 0.286. The maximum absolute atomic E-state index is 6.24. The van der Waals surface area contributed by atoms with Crippen LogP contribution in [0.25, 0.3) is 0 Å². The molecule has 3 aromatic rings. The third-order valence-corrected chi connectivity index (χ3v) is 6.30. The van der Waals surface area contributed by atoms with E-state index in [9.17, 15) is 0 Å². The van der Waals surface area contributed by atoms with Gasteiger partial charge in [0.15, 0.2) is 0 Å². The van der Waals surface area contributed by atoms with Crippen molar-refractivity contribution in [3.8, 4) is 5.75 Å². The highest BCUT2D eigenvalue weighted by atomic mass is 35.5. The van der Waals surface area contributed by atoms with E-state index in [-0.39, 0.29) is 4.75 Å². The minimum atomic E-state index is -0.0595. The molecular formula is C21H22Cl2N2OS. The largest absolute Gasteiger partial charge is 0.496 e. The first-order valence-corrected chi connectivity index (χ1v) is 10.3. The van der Waals surface area contributed by atoms with Crippen molar-refractivity contribution < 1.29 is 4.74 Å². The number of benzene rings is 2. The van der Waals surface area contributed by atoms with Crippen molar-refractivity contribution in [3.05, 3.63) is 76.8 Å². The summed E-state index contributed by atoms with van der Waals surface area (Å²) in [7, 11) is 1.69. The lowest BCUT2D eigenvalue weighted by atomic mass is 9.97. The quantitative estimate of drug-likeness (QED) is 0.395. The lowest BCUT2D eigenvalue weighted by Gasteiger charge is -2.30. The third kappa shape index (κ3) is 5.68. The first-order valence-electron chi connectivity index (χ1n) is 8.70. The van der Waals surface area contributed by atoms with Crippen LogP contribution in [0, 0.1) is 0 Å². The Labute approximate surface area is 174 Å². The second kappa shape index (κ2) is 9.05. The predicted octanol–water partition coefficient (Wildman–Crippen LogP) is 6.38. The van der Waals surface area contributed by atoms with Crippen molar-refractivity contribution >= 4 is 35.0 Å². The van der Waals surface area contributed by atoms with E-state index in [1.807, 2.05) is 49.1 Å². The highest BCUT2D eigenvalue weighted by Crippen LogP contribution is 2.43. The molecule has 142 valence electrons. The normalized spacial score (nSPS) is 13.3. The Bertz CT molecular complexity index is 868. The van der Waals surface area contributed by atoms with Gasteiger partial charge in [-0.25, -0.2) is 4.98 Å². The van der Waals surface area contributed by atoms with Crippen molar-refractivity contribution in [2.75, 3.05) is 7.11 Å². The topological polar surface area (TPSA) is 27.1 Å². The van der Waals surface area contributed by atoms with E-state index in [1.54, 1.807) is 18.9 Å². The molecule has 0 bridgehead atoms. The van der Waals surface area contributed by atoms with Crippen LogP contribution in [0.4, 0.5) is 0 Å². The van der Waals surface area contributed by atoms with Crippen LogP contribution < -0.4 is 4.74 Å². The molecule has 0 saturated carbocycles. The summed E-state index contributed by atoms with van der Waals surface area (Å²) in [6.07, 6.45) is 7.52. The summed E-state index contributed by atoms with van der Waals surface area (Å²) >= 11 is 14.1. The fourth-order valence-electron chi connectivity index (χ4n) is 2.99. The lowest BCUT2D eigenvalue weighted by molar-refractivity contribution is 0.404. The number of nitrogens with zero attached hydrogens (tertiary/aromatic N) is 2. The third-order valence-electron chi connectivity index (χ3n) is 4.43. The highest BCUT2D eigenvalue weighted by Gasteiger charge is 2.28. The van der Waals surface area contributed by atoms with Crippen molar-refractivity contribution in [1.29, 1.82) is 0 Å². The zero-order valence-corrected chi connectivity index (χ0v) is 17.7. The molecule has 0 aliphatic heterocycles. The van der Waals surface area contributed by atoms with Crippen LogP contribution in [0.15, 0.2) is 66.1 Å². The summed E-state index contributed by atoms with van der Waals surface area (Å²) < 4.78 is 7.60. The Morgan fingerprint density at radius 1 is 1.11 bits per heavy atom. The molecule has 0 amide bonds. The molecule has 0 aliphatic rings. The van der Waals surface area contributed by atoms with Gasteiger partial charge >= 0.3 is 0 Å². The zero-order chi connectivity index (χ0) is 19.3. The molecular weight excluding hydrogens is 399 g/mol. The van der Waals surface area contributed by atoms with Gasteiger partial charge in [-0.05, 0) is 55.7 Å². The molecule has 0 N–H and O–H groups in total. The molecule has 0 spiro atoms. The smallest absolute Gasteiger partial charge is 0.132 e. The molecule has 2 aromatic carbocycles. The van der Waals surface area contributed by atoms with Gasteiger partial charge in [0.25, 0.3) is 0 Å². The van der Waals surface area contributed by atoms with Crippen LogP contribution in [0.5, 0.6) is 5.75 Å². The molecule has 0 saturated heterocycles. The average Bonchev–Trinajstić information content (AvgIpc) is 3.16. The van der Waals surface area contributed by atoms with Gasteiger partial charge in [0.1, 0.15) is 5.75 Å². The van der Waals surface area contributed by atoms with E-state index < -0.39 is 0 Å². The summed E-state index contributed by atoms with van der Waals surface area (Å²) in [5.74, 6) is 0.842. The number of thioether (sulfide) groups is 1. The van der Waals surface area contributed by atoms with E-state index in [2.05, 4.69) is 28.6 Å². The number of rotatable bonds is 8. The first-order chi connectivity index (χ1) is 13.0. The lowest BCUT2D eigenvalue weighted by Crippen LogP contribution is -2.25. The van der Waals surface area contributed by atoms with Gasteiger partial charge in [0.05, 0.1) is 18.3 Å². The Kier molecular flexibility index (Phi) is 6.74. The summed E-state index contributed by atoms with van der Waals surface area (Å²) in [6, 6.07) is 13.8. The van der Waals surface area contributed by atoms with Gasteiger partial charge in [-0.15, -0.1) is 11.8 Å². The Morgan fingerprint density at radius 3 is 2.52 bits per heavy atom. The summed E-state index contributed by atoms with van der Waals surface area (Å²) in [6.45, 7) is 3.17. The number of methoxy groups -OCH3 is 1. The molecule has 1 atom stereocenters. The SMILES string of the molecule is COc1ccc(Cl)cc1SC(C)(CCn1ccnc1)Cc1ccc(Cl)cc1. The Hall–Kier alpha value is -1.62. The van der Waals surface area contributed by atoms with Gasteiger partial charge < -0.3 is 9.30 Å². The number of ether oxygens (including phenoxy) is 1. The summed E-state index contributed by atoms with van der Waals surface area (Å²) in [5, 5.41) is 1.46. The maximum Gasteiger partial charge on any atom is 0.132 e. The summed E-state index contributed by atoms with van der Waals surface area (Å²) in [5.41, 5.74) is 1.25. The fourth-order valence-corrected chi connectivity index (χ4v) is 4.75. The number of halogens is 2. The van der Waals surface area contributed by atoms with Crippen molar-refractivity contribution in [2.45, 2.75) is 36.0 Å². The minimum absolute atomic E-state index is 0.0595. The first kappa shape index (κ1) is 20.1. The van der Waals surface area contributed by atoms with Crippen LogP contribution in [-0.4, -0.2) is 21.4 Å². The number of aryl methyl sites for hydroxylation is 1. The van der Waals surface area contributed by atoms with Gasteiger partial charge in [-0.2, -0.15) is 0 Å². The Morgan fingerprint density at radius 2 is 1.85 bits per heavy atom. The van der Waals surface area contributed by atoms with E-state index in [0.717, 1.165) is 35.1 Å². The van der Waals surface area contributed by atoms with E-state index >= 15 is 0 Å². The predicted molar refractivity (Wildman–Crippen MR) is 114 cm³/mol. The molecule has 1 heterocycles. The van der Waals surface area contributed by atoms with Crippen LogP contribution in [0.3, 0.4) is 0 Å². The number of hydrogen-bond acceptors (Lipinski definition) is 3. The van der Waals surface area contributed by atoms with Crippen molar-refractivity contribution in [2.24, 2.45) is 0 Å². The monoisotopic (exact) mass is 420 g/mol. The van der Waals surface area contributed by atoms with Crippen LogP contribution in [0.1, 0.15) is 18.9 Å². The standard InChI is InChI=1S/C21H22Cl2N2OS/c1-21(9-11-25-12-10-24-15-25,14-16-3-5-17(22)6-4-16)27-20-13-18(23)7-8-19(20)26-2/h3-8,10,12-13,15H,9,11,14H2,1-2H3. The molecule has 1 unspecified atom stereocenters. The van der Waals surface area contributed by atoms with Crippen molar-refractivity contribution in [3.63, 3.8) is 0 Å². The molecule has 1 aromatic heterocycles. The molecule has 27 heavy (non-hydrogen) atoms. The highest BCUT2D eigenvalue weighted by molar-refractivity contribution is 8.00. The second-order valence-electron chi connectivity index (χ2n) is 6.70. The molecule has 0 aliphatic carbocycles. The molecule has 3 rings (SSSR count). The van der Waals surface area contributed by atoms with E-state index in [0.29, 0.717) is 5.02 Å². The van der Waals surface area contributed by atoms with Gasteiger partial charge in [-0.1, -0.05) is 35.3 Å². The maximum atomic E-state index is 6.24. The average molecular weight is 421 g/mol. The molecule has 6 heteroatoms. The minimum Gasteiger partial charge on any atom is -0.496 e. The molecule has 0 radical (unpaired) electrons. The zero-order valence-electron chi connectivity index (χ0n) is 15.4. The van der Waals surface area contributed by atoms with E-state index in [4.69, 9.17) is 27.9 Å². The Balaban J connectivity index is 1.86. The number of hydrogen-bond donors (Lipinski definition) is 0. The van der Waals surface area contributed by atoms with Crippen LogP contribution in [0.2, 0.25) is 10.0 Å². The van der Waals surface area contributed by atoms with Gasteiger partial charge in [0.2, 0.25) is 0 Å². The van der Waals surface area contributed by atoms with Crippen LogP contribution in [-0.2, 0) is 13.0 Å². The molecule has 0 fully saturated rings. The summed E-state index contributed by atoms with van der Waals surface area (Å²) in [4.78, 5) is 5.19. The number of imidazole rings is 1. The second-order valence-corrected chi connectivity index (χ2v) is 9.20.